The number of nitrogens with zero attached hydrogens (tertiary/aromatic N) is 1. The molecular formula is C10H9N2O. The maximum absolute atomic E-state index is 5.10. The summed E-state index contributed by atoms with van der Waals surface area (Å²) in [5, 5.41) is 0. The lowest BCUT2D eigenvalue weighted by atomic mass is 10.2. The van der Waals surface area contributed by atoms with Gasteiger partial charge in [-0.15, -0.1) is 0 Å². The first-order valence-corrected chi connectivity index (χ1v) is 3.96. The average Bonchev–Trinajstić information content (AvgIpc) is 2.71. The van der Waals surface area contributed by atoms with Gasteiger partial charge in [0.05, 0.1) is 7.11 Å². The van der Waals surface area contributed by atoms with Crippen LogP contribution in [0.15, 0.2) is 30.5 Å². The Morgan fingerprint density at radius 3 is 3.08 bits per heavy atom. The molecule has 2 aromatic rings. The minimum absolute atomic E-state index is 0.805. The summed E-state index contributed by atoms with van der Waals surface area (Å²) in [4.78, 5) is 7.01. The Balaban J connectivity index is 2.41. The second-order valence-corrected chi connectivity index (χ2v) is 2.61. The highest BCUT2D eigenvalue weighted by Gasteiger charge is 2.00. The Hall–Kier alpha value is -1.77. The Kier molecular flexibility index (Phi) is 2.00. The van der Waals surface area contributed by atoms with E-state index in [1.807, 2.05) is 24.3 Å². The van der Waals surface area contributed by atoms with E-state index in [-0.39, 0.29) is 0 Å². The predicted octanol–water partition coefficient (Wildman–Crippen LogP) is 1.89. The Bertz CT molecular complexity index is 382. The average molecular weight is 173 g/mol. The molecule has 0 atom stereocenters. The first-order chi connectivity index (χ1) is 6.40. The molecule has 0 amide bonds. The fraction of sp³-hybridized carbons (Fsp3) is 0.100. The lowest BCUT2D eigenvalue weighted by molar-refractivity contribution is 0.415. The monoisotopic (exact) mass is 173 g/mol. The van der Waals surface area contributed by atoms with Gasteiger partial charge < -0.3 is 9.72 Å². The van der Waals surface area contributed by atoms with Gasteiger partial charge in [0, 0.05) is 11.8 Å². The fourth-order valence-electron chi connectivity index (χ4n) is 1.15. The maximum atomic E-state index is 5.10. The molecule has 3 nitrogen and oxygen atoms in total. The molecule has 0 unspecified atom stereocenters. The minimum Gasteiger partial charge on any atom is -0.497 e. The summed E-state index contributed by atoms with van der Waals surface area (Å²) in [6.45, 7) is 0. The van der Waals surface area contributed by atoms with Crippen molar-refractivity contribution in [1.29, 1.82) is 0 Å². The second kappa shape index (κ2) is 3.31. The largest absolute Gasteiger partial charge is 0.497 e. The van der Waals surface area contributed by atoms with Crippen molar-refractivity contribution in [1.82, 2.24) is 9.97 Å². The molecule has 1 heterocycles. The Morgan fingerprint density at radius 1 is 1.46 bits per heavy atom. The number of imidazole rings is 1. The summed E-state index contributed by atoms with van der Waals surface area (Å²) < 4.78 is 5.10. The molecule has 0 aliphatic heterocycles. The van der Waals surface area contributed by atoms with Crippen LogP contribution in [0.1, 0.15) is 0 Å². The van der Waals surface area contributed by atoms with Gasteiger partial charge in [-0.1, -0.05) is 12.1 Å². The van der Waals surface area contributed by atoms with Crippen LogP contribution in [0, 0.1) is 6.20 Å². The lowest BCUT2D eigenvalue weighted by Gasteiger charge is -2.00. The molecular weight excluding hydrogens is 164 g/mol. The van der Waals surface area contributed by atoms with Crippen LogP contribution < -0.4 is 4.74 Å². The van der Waals surface area contributed by atoms with Crippen LogP contribution in [0.2, 0.25) is 0 Å². The molecule has 1 radical (unpaired) electrons. The quantitative estimate of drug-likeness (QED) is 0.753. The molecule has 0 aliphatic rings. The van der Waals surface area contributed by atoms with Crippen molar-refractivity contribution in [2.24, 2.45) is 0 Å². The van der Waals surface area contributed by atoms with Gasteiger partial charge in [-0.05, 0) is 12.1 Å². The molecule has 2 rings (SSSR count). The van der Waals surface area contributed by atoms with Gasteiger partial charge in [0.2, 0.25) is 0 Å². The fourth-order valence-corrected chi connectivity index (χ4v) is 1.15. The normalized spacial score (nSPS) is 9.92. The van der Waals surface area contributed by atoms with Crippen LogP contribution in [0.25, 0.3) is 11.4 Å². The topological polar surface area (TPSA) is 37.9 Å². The van der Waals surface area contributed by atoms with Crippen molar-refractivity contribution in [3.05, 3.63) is 36.7 Å². The van der Waals surface area contributed by atoms with Crippen LogP contribution >= 0.6 is 0 Å². The number of H-pyrrole nitrogens is 1. The number of aromatic nitrogens is 2. The maximum Gasteiger partial charge on any atom is 0.138 e. The molecule has 0 aliphatic carbocycles. The van der Waals surface area contributed by atoms with E-state index in [1.54, 1.807) is 13.3 Å². The van der Waals surface area contributed by atoms with E-state index in [2.05, 4.69) is 16.2 Å². The van der Waals surface area contributed by atoms with Crippen LogP contribution in [-0.2, 0) is 0 Å². The first-order valence-electron chi connectivity index (χ1n) is 3.96. The van der Waals surface area contributed by atoms with E-state index in [0.717, 1.165) is 17.1 Å². The van der Waals surface area contributed by atoms with Gasteiger partial charge in [-0.25, -0.2) is 4.98 Å². The van der Waals surface area contributed by atoms with Gasteiger partial charge >= 0.3 is 0 Å². The van der Waals surface area contributed by atoms with Crippen LogP contribution in [-0.4, -0.2) is 17.1 Å². The molecule has 0 fully saturated rings. The standard InChI is InChI=1S/C10H9N2O/c1-13-9-4-2-3-8(7-9)10-11-5-6-12-10/h2-5,7H,1H3,(H,11,12). The number of methoxy groups -OCH3 is 1. The third-order valence-electron chi connectivity index (χ3n) is 1.79. The molecule has 13 heavy (non-hydrogen) atoms. The summed E-state index contributed by atoms with van der Waals surface area (Å²) in [5.74, 6) is 1.63. The summed E-state index contributed by atoms with van der Waals surface area (Å²) in [6.07, 6.45) is 4.39. The lowest BCUT2D eigenvalue weighted by Crippen LogP contribution is -1.84. The number of benzene rings is 1. The zero-order valence-electron chi connectivity index (χ0n) is 7.24. The molecule has 0 saturated heterocycles. The third-order valence-corrected chi connectivity index (χ3v) is 1.79. The molecule has 1 aromatic heterocycles. The second-order valence-electron chi connectivity index (χ2n) is 2.61. The van der Waals surface area contributed by atoms with E-state index in [1.165, 1.54) is 0 Å². The van der Waals surface area contributed by atoms with Crippen LogP contribution in [0.5, 0.6) is 5.75 Å². The predicted molar refractivity (Wildman–Crippen MR) is 49.4 cm³/mol. The highest BCUT2D eigenvalue weighted by molar-refractivity contribution is 5.57. The number of aromatic amines is 1. The summed E-state index contributed by atoms with van der Waals surface area (Å²) in [6, 6.07) is 7.72. The highest BCUT2D eigenvalue weighted by atomic mass is 16.5. The van der Waals surface area contributed by atoms with Gasteiger partial charge in [-0.3, -0.25) is 0 Å². The summed E-state index contributed by atoms with van der Waals surface area (Å²) in [7, 11) is 1.65. The van der Waals surface area contributed by atoms with Gasteiger partial charge in [0.15, 0.2) is 0 Å². The minimum atomic E-state index is 0.805. The molecule has 0 saturated carbocycles. The zero-order chi connectivity index (χ0) is 9.10. The van der Waals surface area contributed by atoms with Crippen molar-refractivity contribution < 1.29 is 4.74 Å². The van der Waals surface area contributed by atoms with E-state index in [9.17, 15) is 0 Å². The summed E-state index contributed by atoms with van der Waals surface area (Å²) in [5.41, 5.74) is 1.00. The van der Waals surface area contributed by atoms with Crippen molar-refractivity contribution in [3.63, 3.8) is 0 Å². The number of ether oxygens (including phenoxy) is 1. The van der Waals surface area contributed by atoms with E-state index in [4.69, 9.17) is 4.74 Å². The number of hydrogen-bond acceptors (Lipinski definition) is 2. The van der Waals surface area contributed by atoms with Gasteiger partial charge in [0.1, 0.15) is 17.8 Å². The zero-order valence-corrected chi connectivity index (χ0v) is 7.24. The highest BCUT2D eigenvalue weighted by Crippen LogP contribution is 2.19. The van der Waals surface area contributed by atoms with Crippen molar-refractivity contribution in [2.45, 2.75) is 0 Å². The van der Waals surface area contributed by atoms with Crippen molar-refractivity contribution in [3.8, 4) is 17.1 Å². The van der Waals surface area contributed by atoms with Crippen molar-refractivity contribution >= 4 is 0 Å². The molecule has 1 aromatic carbocycles. The molecule has 65 valence electrons. The molecule has 3 heteroatoms. The van der Waals surface area contributed by atoms with E-state index in [0.29, 0.717) is 0 Å². The van der Waals surface area contributed by atoms with Crippen molar-refractivity contribution in [2.75, 3.05) is 7.11 Å². The Morgan fingerprint density at radius 2 is 2.38 bits per heavy atom. The summed E-state index contributed by atoms with van der Waals surface area (Å²) >= 11 is 0. The number of hydrogen-bond donors (Lipinski definition) is 1. The van der Waals surface area contributed by atoms with Crippen LogP contribution in [0.3, 0.4) is 0 Å². The Labute approximate surface area is 76.4 Å². The first kappa shape index (κ1) is 7.86. The molecule has 0 spiro atoms. The SMILES string of the molecule is COc1cccc(-c2n[c]c[nH]2)c1. The van der Waals surface area contributed by atoms with Gasteiger partial charge in [-0.2, -0.15) is 0 Å². The van der Waals surface area contributed by atoms with E-state index < -0.39 is 0 Å². The third kappa shape index (κ3) is 1.54. The molecule has 1 N–H and O–H groups in total. The smallest absolute Gasteiger partial charge is 0.138 e. The van der Waals surface area contributed by atoms with Gasteiger partial charge in [0.25, 0.3) is 0 Å². The number of rotatable bonds is 2. The van der Waals surface area contributed by atoms with Crippen LogP contribution in [0.4, 0.5) is 0 Å². The van der Waals surface area contributed by atoms with E-state index >= 15 is 0 Å². The molecule has 0 bridgehead atoms. The number of nitrogens with one attached hydrogen (secondary N) is 1.